The van der Waals surface area contributed by atoms with Gasteiger partial charge in [0.25, 0.3) is 10.2 Å². The SMILES string of the molecule is CC1CC(O)CN(S(N)(=O)=O)C1. The largest absolute Gasteiger partial charge is 0.392 e. The highest BCUT2D eigenvalue weighted by Crippen LogP contribution is 2.17. The Morgan fingerprint density at radius 2 is 2.08 bits per heavy atom. The Morgan fingerprint density at radius 3 is 2.50 bits per heavy atom. The van der Waals surface area contributed by atoms with Crippen LogP contribution in [0.5, 0.6) is 0 Å². The molecular formula is C6H14N2O3S. The second-order valence-corrected chi connectivity index (χ2v) is 4.90. The summed E-state index contributed by atoms with van der Waals surface area (Å²) >= 11 is 0. The summed E-state index contributed by atoms with van der Waals surface area (Å²) in [6.45, 7) is 2.43. The van der Waals surface area contributed by atoms with Gasteiger partial charge in [0.2, 0.25) is 0 Å². The van der Waals surface area contributed by atoms with Crippen LogP contribution in [-0.4, -0.2) is 37.0 Å². The summed E-state index contributed by atoms with van der Waals surface area (Å²) in [5.41, 5.74) is 0. The first kappa shape index (κ1) is 9.91. The van der Waals surface area contributed by atoms with Crippen LogP contribution in [0.15, 0.2) is 0 Å². The molecule has 0 aromatic rings. The first-order valence-corrected chi connectivity index (χ1v) is 5.36. The van der Waals surface area contributed by atoms with Crippen molar-refractivity contribution in [1.29, 1.82) is 0 Å². The van der Waals surface area contributed by atoms with Crippen molar-refractivity contribution in [3.05, 3.63) is 0 Å². The average Bonchev–Trinajstić information content (AvgIpc) is 1.82. The highest BCUT2D eigenvalue weighted by atomic mass is 32.2. The third-order valence-electron chi connectivity index (χ3n) is 1.96. The third-order valence-corrected chi connectivity index (χ3v) is 2.98. The zero-order valence-corrected chi connectivity index (χ0v) is 7.79. The smallest absolute Gasteiger partial charge is 0.276 e. The van der Waals surface area contributed by atoms with Crippen LogP contribution in [0.3, 0.4) is 0 Å². The van der Waals surface area contributed by atoms with Gasteiger partial charge in [-0.2, -0.15) is 12.7 Å². The van der Waals surface area contributed by atoms with Gasteiger partial charge in [-0.25, -0.2) is 5.14 Å². The summed E-state index contributed by atoms with van der Waals surface area (Å²) in [6, 6.07) is 0. The molecule has 12 heavy (non-hydrogen) atoms. The van der Waals surface area contributed by atoms with Gasteiger partial charge >= 0.3 is 0 Å². The van der Waals surface area contributed by atoms with Crippen LogP contribution in [-0.2, 0) is 10.2 Å². The van der Waals surface area contributed by atoms with E-state index in [0.717, 1.165) is 4.31 Å². The van der Waals surface area contributed by atoms with Gasteiger partial charge in [0.1, 0.15) is 0 Å². The minimum absolute atomic E-state index is 0.128. The number of β-amino-alcohol motifs (C(OH)–C–C–N with tert-alkyl or cyclic N) is 1. The second kappa shape index (κ2) is 3.29. The molecular weight excluding hydrogens is 180 g/mol. The molecule has 0 aromatic carbocycles. The first-order valence-electron chi connectivity index (χ1n) is 3.85. The van der Waals surface area contributed by atoms with Crippen molar-refractivity contribution in [3.8, 4) is 0 Å². The molecule has 0 bridgehead atoms. The highest BCUT2D eigenvalue weighted by Gasteiger charge is 2.28. The molecule has 0 aliphatic carbocycles. The molecule has 0 saturated carbocycles. The number of rotatable bonds is 1. The highest BCUT2D eigenvalue weighted by molar-refractivity contribution is 7.86. The molecule has 1 saturated heterocycles. The Morgan fingerprint density at radius 1 is 1.50 bits per heavy atom. The molecule has 1 rings (SSSR count). The topological polar surface area (TPSA) is 83.6 Å². The monoisotopic (exact) mass is 194 g/mol. The Labute approximate surface area is 72.3 Å². The minimum Gasteiger partial charge on any atom is -0.392 e. The van der Waals surface area contributed by atoms with Gasteiger partial charge in [0, 0.05) is 13.1 Å². The molecule has 0 amide bonds. The molecule has 0 radical (unpaired) electrons. The molecule has 72 valence electrons. The van der Waals surface area contributed by atoms with E-state index in [2.05, 4.69) is 0 Å². The molecule has 5 nitrogen and oxygen atoms in total. The predicted octanol–water partition coefficient (Wildman–Crippen LogP) is -1.11. The summed E-state index contributed by atoms with van der Waals surface area (Å²) in [6.07, 6.45) is 0.0681. The van der Waals surface area contributed by atoms with Crippen molar-refractivity contribution in [3.63, 3.8) is 0 Å². The van der Waals surface area contributed by atoms with Crippen LogP contribution >= 0.6 is 0 Å². The van der Waals surface area contributed by atoms with E-state index in [1.54, 1.807) is 0 Å². The van der Waals surface area contributed by atoms with Crippen molar-refractivity contribution in [2.45, 2.75) is 19.4 Å². The van der Waals surface area contributed by atoms with Crippen molar-refractivity contribution in [1.82, 2.24) is 4.31 Å². The molecule has 1 aliphatic heterocycles. The van der Waals surface area contributed by atoms with E-state index in [-0.39, 0.29) is 12.5 Å². The number of nitrogens with two attached hydrogens (primary N) is 1. The lowest BCUT2D eigenvalue weighted by Crippen LogP contribution is -2.48. The molecule has 0 aromatic heterocycles. The summed E-state index contributed by atoms with van der Waals surface area (Å²) in [5.74, 6) is 0.173. The third kappa shape index (κ3) is 2.41. The van der Waals surface area contributed by atoms with E-state index in [1.165, 1.54) is 0 Å². The number of aliphatic hydroxyl groups is 1. The van der Waals surface area contributed by atoms with Crippen molar-refractivity contribution in [2.24, 2.45) is 11.1 Å². The maximum Gasteiger partial charge on any atom is 0.276 e. The summed E-state index contributed by atoms with van der Waals surface area (Å²) in [7, 11) is -3.62. The van der Waals surface area contributed by atoms with Crippen LogP contribution in [0.2, 0.25) is 0 Å². The number of piperidine rings is 1. The van der Waals surface area contributed by atoms with Gasteiger partial charge in [0.05, 0.1) is 6.10 Å². The average molecular weight is 194 g/mol. The molecule has 6 heteroatoms. The molecule has 1 aliphatic rings. The fraction of sp³-hybridized carbons (Fsp3) is 1.00. The summed E-state index contributed by atoms with van der Waals surface area (Å²) in [5, 5.41) is 14.2. The van der Waals surface area contributed by atoms with Gasteiger partial charge in [-0.05, 0) is 12.3 Å². The van der Waals surface area contributed by atoms with Crippen LogP contribution in [0, 0.1) is 5.92 Å². The van der Waals surface area contributed by atoms with Crippen molar-refractivity contribution in [2.75, 3.05) is 13.1 Å². The molecule has 2 atom stereocenters. The molecule has 3 N–H and O–H groups in total. The Balaban J connectivity index is 2.68. The van der Waals surface area contributed by atoms with Crippen LogP contribution in [0.25, 0.3) is 0 Å². The molecule has 0 spiro atoms. The lowest BCUT2D eigenvalue weighted by molar-refractivity contribution is 0.0821. The van der Waals surface area contributed by atoms with Gasteiger partial charge in [0.15, 0.2) is 0 Å². The number of aliphatic hydroxyl groups excluding tert-OH is 1. The predicted molar refractivity (Wildman–Crippen MR) is 44.5 cm³/mol. The van der Waals surface area contributed by atoms with E-state index < -0.39 is 16.3 Å². The molecule has 1 heterocycles. The van der Waals surface area contributed by atoms with Gasteiger partial charge in [-0.3, -0.25) is 0 Å². The van der Waals surface area contributed by atoms with Gasteiger partial charge < -0.3 is 5.11 Å². The van der Waals surface area contributed by atoms with E-state index >= 15 is 0 Å². The number of hydrogen-bond donors (Lipinski definition) is 2. The van der Waals surface area contributed by atoms with Gasteiger partial charge in [-0.15, -0.1) is 0 Å². The summed E-state index contributed by atoms with van der Waals surface area (Å²) < 4.78 is 22.9. The second-order valence-electron chi connectivity index (χ2n) is 3.36. The van der Waals surface area contributed by atoms with Crippen molar-refractivity contribution >= 4 is 10.2 Å². The standard InChI is InChI=1S/C6H14N2O3S/c1-5-2-6(9)4-8(3-5)12(7,10)11/h5-6,9H,2-4H2,1H3,(H2,7,10,11). The number of nitrogens with zero attached hydrogens (tertiary/aromatic N) is 1. The lowest BCUT2D eigenvalue weighted by Gasteiger charge is -2.31. The quantitative estimate of drug-likeness (QED) is 0.555. The van der Waals surface area contributed by atoms with E-state index in [4.69, 9.17) is 5.14 Å². The normalized spacial score (nSPS) is 33.6. The minimum atomic E-state index is -3.62. The lowest BCUT2D eigenvalue weighted by atomic mass is 10.0. The fourth-order valence-electron chi connectivity index (χ4n) is 1.48. The van der Waals surface area contributed by atoms with E-state index in [0.29, 0.717) is 13.0 Å². The maximum atomic E-state index is 10.9. The Bertz CT molecular complexity index is 242. The maximum absolute atomic E-state index is 10.9. The van der Waals surface area contributed by atoms with Crippen LogP contribution in [0.4, 0.5) is 0 Å². The van der Waals surface area contributed by atoms with Gasteiger partial charge in [-0.1, -0.05) is 6.92 Å². The zero-order valence-electron chi connectivity index (χ0n) is 6.97. The number of hydrogen-bond acceptors (Lipinski definition) is 3. The van der Waals surface area contributed by atoms with Crippen molar-refractivity contribution < 1.29 is 13.5 Å². The first-order chi connectivity index (χ1) is 5.39. The molecule has 2 unspecified atom stereocenters. The zero-order chi connectivity index (χ0) is 9.35. The fourth-order valence-corrected chi connectivity index (χ4v) is 2.32. The Kier molecular flexibility index (Phi) is 2.72. The van der Waals surface area contributed by atoms with Crippen LogP contribution < -0.4 is 5.14 Å². The Hall–Kier alpha value is -0.170. The van der Waals surface area contributed by atoms with E-state index in [1.807, 2.05) is 6.92 Å². The molecule has 1 fully saturated rings. The summed E-state index contributed by atoms with van der Waals surface area (Å²) in [4.78, 5) is 0. The van der Waals surface area contributed by atoms with Crippen LogP contribution in [0.1, 0.15) is 13.3 Å². The van der Waals surface area contributed by atoms with E-state index in [9.17, 15) is 13.5 Å².